The smallest absolute Gasteiger partial charge is 0.255 e. The molecule has 3 rings (SSSR count). The van der Waals surface area contributed by atoms with E-state index in [0.29, 0.717) is 36.5 Å². The van der Waals surface area contributed by atoms with Crippen molar-refractivity contribution in [2.24, 2.45) is 5.92 Å². The lowest BCUT2D eigenvalue weighted by atomic mass is 9.94. The van der Waals surface area contributed by atoms with E-state index in [0.717, 1.165) is 5.56 Å². The molecule has 1 saturated heterocycles. The Hall–Kier alpha value is -2.33. The van der Waals surface area contributed by atoms with E-state index < -0.39 is 0 Å². The second-order valence-electron chi connectivity index (χ2n) is 6.69. The number of carbonyl (C=O) groups is 2. The molecule has 1 heterocycles. The van der Waals surface area contributed by atoms with Crippen LogP contribution in [0.25, 0.3) is 0 Å². The van der Waals surface area contributed by atoms with Gasteiger partial charge in [-0.2, -0.15) is 0 Å². The maximum absolute atomic E-state index is 12.6. The molecule has 0 radical (unpaired) electrons. The number of benzene rings is 2. The lowest BCUT2D eigenvalue weighted by Gasteiger charge is -2.32. The molecule has 2 aromatic rings. The number of nitrogens with one attached hydrogen (secondary N) is 1. The number of hydrogen-bond acceptors (Lipinski definition) is 2. The molecule has 4 nitrogen and oxygen atoms in total. The molecule has 0 unspecified atom stereocenters. The van der Waals surface area contributed by atoms with Crippen LogP contribution in [0.15, 0.2) is 54.6 Å². The second-order valence-corrected chi connectivity index (χ2v) is 7.09. The first-order valence-corrected chi connectivity index (χ1v) is 9.33. The highest BCUT2D eigenvalue weighted by molar-refractivity contribution is 6.33. The lowest BCUT2D eigenvalue weighted by molar-refractivity contribution is -0.126. The van der Waals surface area contributed by atoms with Gasteiger partial charge in [0.15, 0.2) is 0 Å². The van der Waals surface area contributed by atoms with E-state index in [9.17, 15) is 9.59 Å². The SMILES string of the molecule is C[C@H](NC(=O)C1CCN(C(=O)c2ccccc2Cl)CC1)c1ccccc1. The predicted molar refractivity (Wildman–Crippen MR) is 103 cm³/mol. The fourth-order valence-electron chi connectivity index (χ4n) is 3.31. The summed E-state index contributed by atoms with van der Waals surface area (Å²) in [6.45, 7) is 3.13. The Balaban J connectivity index is 1.54. The van der Waals surface area contributed by atoms with Gasteiger partial charge >= 0.3 is 0 Å². The summed E-state index contributed by atoms with van der Waals surface area (Å²) in [5.74, 6) is -0.0604. The van der Waals surface area contributed by atoms with Crippen molar-refractivity contribution in [3.8, 4) is 0 Å². The van der Waals surface area contributed by atoms with Crippen molar-refractivity contribution in [2.75, 3.05) is 13.1 Å². The quantitative estimate of drug-likeness (QED) is 0.881. The van der Waals surface area contributed by atoms with Gasteiger partial charge < -0.3 is 10.2 Å². The number of halogens is 1. The van der Waals surface area contributed by atoms with Crippen molar-refractivity contribution < 1.29 is 9.59 Å². The number of carbonyl (C=O) groups excluding carboxylic acids is 2. The molecular formula is C21H23ClN2O2. The topological polar surface area (TPSA) is 49.4 Å². The summed E-state index contributed by atoms with van der Waals surface area (Å²) in [6, 6.07) is 17.0. The zero-order valence-corrected chi connectivity index (χ0v) is 15.6. The van der Waals surface area contributed by atoms with E-state index in [4.69, 9.17) is 11.6 Å². The van der Waals surface area contributed by atoms with E-state index in [1.807, 2.05) is 49.4 Å². The Morgan fingerprint density at radius 3 is 2.31 bits per heavy atom. The summed E-state index contributed by atoms with van der Waals surface area (Å²) in [5.41, 5.74) is 1.61. The Morgan fingerprint density at radius 2 is 1.65 bits per heavy atom. The Morgan fingerprint density at radius 1 is 1.04 bits per heavy atom. The average molecular weight is 371 g/mol. The van der Waals surface area contributed by atoms with Crippen LogP contribution in [-0.2, 0) is 4.79 Å². The molecule has 0 saturated carbocycles. The van der Waals surface area contributed by atoms with Gasteiger partial charge in [0.05, 0.1) is 16.6 Å². The first-order valence-electron chi connectivity index (χ1n) is 8.95. The standard InChI is InChI=1S/C21H23ClN2O2/c1-15(16-7-3-2-4-8-16)23-20(25)17-11-13-24(14-12-17)21(26)18-9-5-6-10-19(18)22/h2-10,15,17H,11-14H2,1H3,(H,23,25)/t15-/m0/s1. The maximum atomic E-state index is 12.6. The van der Waals surface area contributed by atoms with Crippen molar-refractivity contribution in [3.63, 3.8) is 0 Å². The van der Waals surface area contributed by atoms with Gasteiger partial charge in [-0.3, -0.25) is 9.59 Å². The fourth-order valence-corrected chi connectivity index (χ4v) is 3.52. The first kappa shape index (κ1) is 18.5. The largest absolute Gasteiger partial charge is 0.349 e. The molecule has 136 valence electrons. The minimum atomic E-state index is -0.0629. The van der Waals surface area contributed by atoms with Crippen LogP contribution in [0, 0.1) is 5.92 Å². The number of piperidine rings is 1. The molecule has 1 aliphatic rings. The van der Waals surface area contributed by atoms with Gasteiger partial charge in [0.1, 0.15) is 0 Å². The Kier molecular flexibility index (Phi) is 5.94. The Labute approximate surface area is 159 Å². The van der Waals surface area contributed by atoms with Crippen LogP contribution in [0.1, 0.15) is 41.7 Å². The van der Waals surface area contributed by atoms with Crippen molar-refractivity contribution in [1.29, 1.82) is 0 Å². The minimum absolute atomic E-state index is 0.0218. The van der Waals surface area contributed by atoms with Gasteiger partial charge in [-0.1, -0.05) is 54.1 Å². The van der Waals surface area contributed by atoms with Crippen molar-refractivity contribution in [3.05, 3.63) is 70.7 Å². The van der Waals surface area contributed by atoms with Gasteiger partial charge in [0.2, 0.25) is 5.91 Å². The molecule has 2 amide bonds. The van der Waals surface area contributed by atoms with Crippen molar-refractivity contribution in [1.82, 2.24) is 10.2 Å². The number of likely N-dealkylation sites (tertiary alicyclic amines) is 1. The molecule has 5 heteroatoms. The number of rotatable bonds is 4. The highest BCUT2D eigenvalue weighted by atomic mass is 35.5. The summed E-state index contributed by atoms with van der Waals surface area (Å²) in [4.78, 5) is 26.9. The van der Waals surface area contributed by atoms with Crippen molar-refractivity contribution in [2.45, 2.75) is 25.8 Å². The third-order valence-corrected chi connectivity index (χ3v) is 5.25. The van der Waals surface area contributed by atoms with Crippen LogP contribution in [0.2, 0.25) is 5.02 Å². The first-order chi connectivity index (χ1) is 12.6. The van der Waals surface area contributed by atoms with Gasteiger partial charge in [-0.25, -0.2) is 0 Å². The maximum Gasteiger partial charge on any atom is 0.255 e. The highest BCUT2D eigenvalue weighted by Gasteiger charge is 2.29. The van der Waals surface area contributed by atoms with Crippen LogP contribution in [-0.4, -0.2) is 29.8 Å². The summed E-state index contributed by atoms with van der Waals surface area (Å²) < 4.78 is 0. The lowest BCUT2D eigenvalue weighted by Crippen LogP contribution is -2.43. The molecule has 0 spiro atoms. The summed E-state index contributed by atoms with van der Waals surface area (Å²) in [5, 5.41) is 3.55. The molecule has 1 aliphatic heterocycles. The molecule has 26 heavy (non-hydrogen) atoms. The van der Waals surface area contributed by atoms with Gasteiger partial charge in [0, 0.05) is 19.0 Å². The number of nitrogens with zero attached hydrogens (tertiary/aromatic N) is 1. The van der Waals surface area contributed by atoms with E-state index in [1.165, 1.54) is 0 Å². The van der Waals surface area contributed by atoms with Crippen LogP contribution >= 0.6 is 11.6 Å². The molecule has 0 bridgehead atoms. The predicted octanol–water partition coefficient (Wildman–Crippen LogP) is 4.07. The Bertz CT molecular complexity index is 771. The van der Waals surface area contributed by atoms with Crippen LogP contribution in [0.5, 0.6) is 0 Å². The van der Waals surface area contributed by atoms with Crippen LogP contribution < -0.4 is 5.32 Å². The summed E-state index contributed by atoms with van der Waals surface area (Å²) >= 11 is 6.12. The van der Waals surface area contributed by atoms with E-state index in [1.54, 1.807) is 17.0 Å². The zero-order chi connectivity index (χ0) is 18.5. The molecule has 2 aromatic carbocycles. The number of amides is 2. The monoisotopic (exact) mass is 370 g/mol. The molecule has 1 atom stereocenters. The van der Waals surface area contributed by atoms with E-state index >= 15 is 0 Å². The molecular weight excluding hydrogens is 348 g/mol. The molecule has 0 aromatic heterocycles. The third-order valence-electron chi connectivity index (χ3n) is 4.92. The van der Waals surface area contributed by atoms with Crippen LogP contribution in [0.4, 0.5) is 0 Å². The highest BCUT2D eigenvalue weighted by Crippen LogP contribution is 2.23. The van der Waals surface area contributed by atoms with E-state index in [-0.39, 0.29) is 23.8 Å². The van der Waals surface area contributed by atoms with Crippen LogP contribution in [0.3, 0.4) is 0 Å². The molecule has 1 fully saturated rings. The fraction of sp³-hybridized carbons (Fsp3) is 0.333. The number of hydrogen-bond donors (Lipinski definition) is 1. The van der Waals surface area contributed by atoms with E-state index in [2.05, 4.69) is 5.32 Å². The van der Waals surface area contributed by atoms with Gasteiger partial charge in [-0.15, -0.1) is 0 Å². The summed E-state index contributed by atoms with van der Waals surface area (Å²) in [7, 11) is 0. The van der Waals surface area contributed by atoms with Crippen molar-refractivity contribution >= 4 is 23.4 Å². The van der Waals surface area contributed by atoms with Gasteiger partial charge in [0.25, 0.3) is 5.91 Å². The normalized spacial score (nSPS) is 16.2. The molecule has 1 N–H and O–H groups in total. The summed E-state index contributed by atoms with van der Waals surface area (Å²) in [6.07, 6.45) is 1.34. The van der Waals surface area contributed by atoms with Gasteiger partial charge in [-0.05, 0) is 37.5 Å². The second kappa shape index (κ2) is 8.37. The molecule has 0 aliphatic carbocycles. The zero-order valence-electron chi connectivity index (χ0n) is 14.8. The average Bonchev–Trinajstić information content (AvgIpc) is 2.68. The third kappa shape index (κ3) is 4.25. The minimum Gasteiger partial charge on any atom is -0.349 e.